The summed E-state index contributed by atoms with van der Waals surface area (Å²) in [6.45, 7) is 1.70. The predicted octanol–water partition coefficient (Wildman–Crippen LogP) is 4.14. The highest BCUT2D eigenvalue weighted by Gasteiger charge is 2.36. The standard InChI is InChI=1S/C13H13F5O2/c1-2-20-10(19)7-6-8-4-3-5-9(13(16,17)18)11(8)12(14)15/h3-5,12H,2,6-7H2,1H3. The molecule has 0 aliphatic carbocycles. The minimum absolute atomic E-state index is 0.128. The van der Waals surface area contributed by atoms with E-state index in [2.05, 4.69) is 4.74 Å². The fraction of sp³-hybridized carbons (Fsp3) is 0.462. The molecule has 0 bridgehead atoms. The summed E-state index contributed by atoms with van der Waals surface area (Å²) < 4.78 is 68.4. The van der Waals surface area contributed by atoms with Gasteiger partial charge in [-0.05, 0) is 25.0 Å². The summed E-state index contributed by atoms with van der Waals surface area (Å²) in [5, 5.41) is 0. The Labute approximate surface area is 112 Å². The van der Waals surface area contributed by atoms with Crippen LogP contribution in [0.25, 0.3) is 0 Å². The van der Waals surface area contributed by atoms with Gasteiger partial charge >= 0.3 is 12.1 Å². The molecule has 0 aromatic heterocycles. The maximum atomic E-state index is 12.9. The third kappa shape index (κ3) is 4.18. The Morgan fingerprint density at radius 3 is 2.45 bits per heavy atom. The second-order valence-corrected chi connectivity index (χ2v) is 3.98. The summed E-state index contributed by atoms with van der Waals surface area (Å²) >= 11 is 0. The van der Waals surface area contributed by atoms with E-state index in [1.54, 1.807) is 6.92 Å². The third-order valence-electron chi connectivity index (χ3n) is 2.62. The van der Waals surface area contributed by atoms with Gasteiger partial charge in [-0.15, -0.1) is 0 Å². The Balaban J connectivity index is 3.05. The maximum absolute atomic E-state index is 12.9. The van der Waals surface area contributed by atoms with Crippen molar-refractivity contribution >= 4 is 5.97 Å². The van der Waals surface area contributed by atoms with Gasteiger partial charge in [0, 0.05) is 12.0 Å². The molecular weight excluding hydrogens is 283 g/mol. The Morgan fingerprint density at radius 2 is 1.95 bits per heavy atom. The minimum atomic E-state index is -4.86. The van der Waals surface area contributed by atoms with E-state index in [0.717, 1.165) is 12.1 Å². The quantitative estimate of drug-likeness (QED) is 0.603. The van der Waals surface area contributed by atoms with Crippen molar-refractivity contribution in [2.45, 2.75) is 32.4 Å². The second kappa shape index (κ2) is 6.67. The lowest BCUT2D eigenvalue weighted by atomic mass is 9.97. The van der Waals surface area contributed by atoms with E-state index in [0.29, 0.717) is 6.07 Å². The lowest BCUT2D eigenvalue weighted by molar-refractivity contribution is -0.143. The average molecular weight is 296 g/mol. The molecule has 0 aliphatic rings. The molecule has 0 atom stereocenters. The summed E-state index contributed by atoms with van der Waals surface area (Å²) in [6.07, 6.45) is -8.58. The molecule has 2 nitrogen and oxygen atoms in total. The topological polar surface area (TPSA) is 26.3 Å². The lowest BCUT2D eigenvalue weighted by Gasteiger charge is -2.16. The summed E-state index contributed by atoms with van der Waals surface area (Å²) in [5.74, 6) is -0.634. The molecule has 0 saturated carbocycles. The van der Waals surface area contributed by atoms with Crippen LogP contribution in [0.5, 0.6) is 0 Å². The van der Waals surface area contributed by atoms with Crippen molar-refractivity contribution in [3.05, 3.63) is 34.9 Å². The molecule has 1 rings (SSSR count). The van der Waals surface area contributed by atoms with Crippen LogP contribution in [0.15, 0.2) is 18.2 Å². The first-order valence-corrected chi connectivity index (χ1v) is 5.90. The van der Waals surface area contributed by atoms with Crippen molar-refractivity contribution in [1.82, 2.24) is 0 Å². The molecule has 0 radical (unpaired) electrons. The van der Waals surface area contributed by atoms with E-state index in [4.69, 9.17) is 0 Å². The molecule has 112 valence electrons. The van der Waals surface area contributed by atoms with Gasteiger partial charge in [-0.3, -0.25) is 4.79 Å². The largest absolute Gasteiger partial charge is 0.466 e. The molecule has 0 N–H and O–H groups in total. The molecular formula is C13H13F5O2. The van der Waals surface area contributed by atoms with Gasteiger partial charge in [0.2, 0.25) is 0 Å². The van der Waals surface area contributed by atoms with Gasteiger partial charge in [0.15, 0.2) is 0 Å². The first-order chi connectivity index (χ1) is 9.27. The Morgan fingerprint density at radius 1 is 1.30 bits per heavy atom. The van der Waals surface area contributed by atoms with Crippen LogP contribution >= 0.6 is 0 Å². The average Bonchev–Trinajstić information content (AvgIpc) is 2.35. The monoisotopic (exact) mass is 296 g/mol. The first kappa shape index (κ1) is 16.4. The fourth-order valence-electron chi connectivity index (χ4n) is 1.81. The Kier molecular flexibility index (Phi) is 5.47. The minimum Gasteiger partial charge on any atom is -0.466 e. The Hall–Kier alpha value is -1.66. The van der Waals surface area contributed by atoms with Crippen LogP contribution < -0.4 is 0 Å². The van der Waals surface area contributed by atoms with Gasteiger partial charge in [0.25, 0.3) is 6.43 Å². The molecule has 1 aromatic rings. The van der Waals surface area contributed by atoms with Crippen molar-refractivity contribution in [2.75, 3.05) is 6.61 Å². The molecule has 0 spiro atoms. The molecule has 7 heteroatoms. The molecule has 0 unspecified atom stereocenters. The number of hydrogen-bond acceptors (Lipinski definition) is 2. The normalized spacial score (nSPS) is 11.8. The fourth-order valence-corrected chi connectivity index (χ4v) is 1.81. The number of hydrogen-bond donors (Lipinski definition) is 0. The summed E-state index contributed by atoms with van der Waals surface area (Å²) in [6, 6.07) is 2.82. The van der Waals surface area contributed by atoms with Crippen LogP contribution in [0.2, 0.25) is 0 Å². The summed E-state index contributed by atoms with van der Waals surface area (Å²) in [4.78, 5) is 11.1. The highest BCUT2D eigenvalue weighted by atomic mass is 19.4. The van der Waals surface area contributed by atoms with Gasteiger partial charge in [-0.2, -0.15) is 13.2 Å². The number of aryl methyl sites for hydroxylation is 1. The number of rotatable bonds is 5. The maximum Gasteiger partial charge on any atom is 0.416 e. The van der Waals surface area contributed by atoms with Crippen LogP contribution in [0, 0.1) is 0 Å². The van der Waals surface area contributed by atoms with Crippen LogP contribution in [-0.4, -0.2) is 12.6 Å². The molecule has 0 amide bonds. The number of benzene rings is 1. The van der Waals surface area contributed by atoms with Crippen LogP contribution in [0.4, 0.5) is 22.0 Å². The zero-order valence-electron chi connectivity index (χ0n) is 10.6. The van der Waals surface area contributed by atoms with Crippen molar-refractivity contribution in [2.24, 2.45) is 0 Å². The van der Waals surface area contributed by atoms with E-state index in [1.807, 2.05) is 0 Å². The van der Waals surface area contributed by atoms with E-state index in [1.165, 1.54) is 0 Å². The smallest absolute Gasteiger partial charge is 0.416 e. The molecule has 0 aliphatic heterocycles. The number of ether oxygens (including phenoxy) is 1. The van der Waals surface area contributed by atoms with Crippen LogP contribution in [-0.2, 0) is 22.1 Å². The molecule has 1 aromatic carbocycles. The molecule has 0 heterocycles. The first-order valence-electron chi connectivity index (χ1n) is 5.90. The number of esters is 1. The van der Waals surface area contributed by atoms with Gasteiger partial charge in [-0.1, -0.05) is 12.1 Å². The number of carbonyl (C=O) groups is 1. The number of alkyl halides is 5. The zero-order chi connectivity index (χ0) is 15.3. The van der Waals surface area contributed by atoms with Gasteiger partial charge in [0.05, 0.1) is 12.2 Å². The van der Waals surface area contributed by atoms with E-state index in [9.17, 15) is 26.7 Å². The SMILES string of the molecule is CCOC(=O)CCc1cccc(C(F)(F)F)c1C(F)F. The van der Waals surface area contributed by atoms with Gasteiger partial charge in [-0.25, -0.2) is 8.78 Å². The zero-order valence-corrected chi connectivity index (χ0v) is 10.6. The summed E-state index contributed by atoms with van der Waals surface area (Å²) in [7, 11) is 0. The van der Waals surface area contributed by atoms with Crippen molar-refractivity contribution in [3.63, 3.8) is 0 Å². The van der Waals surface area contributed by atoms with Crippen LogP contribution in [0.1, 0.15) is 36.5 Å². The summed E-state index contributed by atoms with van der Waals surface area (Å²) in [5.41, 5.74) is -2.62. The second-order valence-electron chi connectivity index (χ2n) is 3.98. The Bertz CT molecular complexity index is 468. The lowest BCUT2D eigenvalue weighted by Crippen LogP contribution is -2.13. The van der Waals surface area contributed by atoms with Gasteiger partial charge < -0.3 is 4.74 Å². The van der Waals surface area contributed by atoms with E-state index in [-0.39, 0.29) is 25.0 Å². The highest BCUT2D eigenvalue weighted by Crippen LogP contribution is 2.38. The molecule has 0 saturated heterocycles. The number of halogens is 5. The van der Waals surface area contributed by atoms with Crippen molar-refractivity contribution in [3.8, 4) is 0 Å². The van der Waals surface area contributed by atoms with E-state index < -0.39 is 29.7 Å². The van der Waals surface area contributed by atoms with Crippen LogP contribution in [0.3, 0.4) is 0 Å². The van der Waals surface area contributed by atoms with Crippen molar-refractivity contribution in [1.29, 1.82) is 0 Å². The van der Waals surface area contributed by atoms with Gasteiger partial charge in [0.1, 0.15) is 0 Å². The third-order valence-corrected chi connectivity index (χ3v) is 2.62. The number of carbonyl (C=O) groups excluding carboxylic acids is 1. The van der Waals surface area contributed by atoms with E-state index >= 15 is 0 Å². The predicted molar refractivity (Wildman–Crippen MR) is 61.4 cm³/mol. The van der Waals surface area contributed by atoms with Crippen molar-refractivity contribution < 1.29 is 31.5 Å². The highest BCUT2D eigenvalue weighted by molar-refractivity contribution is 5.69. The molecule has 0 fully saturated rings. The molecule has 20 heavy (non-hydrogen) atoms.